The molecule has 104 valence electrons. The number of halogens is 3. The molecule has 1 heterocycles. The van der Waals surface area contributed by atoms with Gasteiger partial charge in [-0.2, -0.15) is 13.2 Å². The molecule has 0 bridgehead atoms. The van der Waals surface area contributed by atoms with E-state index >= 15 is 0 Å². The first kappa shape index (κ1) is 13.9. The Labute approximate surface area is 109 Å². The summed E-state index contributed by atoms with van der Waals surface area (Å²) >= 11 is 0. The molecule has 1 aliphatic heterocycles. The lowest BCUT2D eigenvalue weighted by Gasteiger charge is -2.28. The van der Waals surface area contributed by atoms with Crippen LogP contribution in [0.4, 0.5) is 13.2 Å². The highest BCUT2D eigenvalue weighted by Gasteiger charge is 2.37. The Morgan fingerprint density at radius 3 is 2.42 bits per heavy atom. The molecular formula is C13H15F3N2O. The standard InChI is InChI=1S/C13H15F3N2O/c14-13(15,16)11-5-3-1-2-4-10(11)12(19)18-8-6-17-7-9-18/h2-5,17H,1,6-9H2. The lowest BCUT2D eigenvalue weighted by atomic mass is 10.1. The predicted octanol–water partition coefficient (Wildman–Crippen LogP) is 1.79. The number of carbonyl (C=O) groups excluding carboxylic acids is 1. The van der Waals surface area contributed by atoms with Gasteiger partial charge < -0.3 is 10.2 Å². The maximum Gasteiger partial charge on any atom is 0.417 e. The van der Waals surface area contributed by atoms with Crippen LogP contribution in [0.5, 0.6) is 0 Å². The number of hydrogen-bond acceptors (Lipinski definition) is 2. The zero-order chi connectivity index (χ0) is 13.9. The summed E-state index contributed by atoms with van der Waals surface area (Å²) in [6, 6.07) is 0. The van der Waals surface area contributed by atoms with E-state index in [0.717, 1.165) is 6.08 Å². The maximum atomic E-state index is 13.0. The van der Waals surface area contributed by atoms with Crippen LogP contribution in [0, 0.1) is 0 Å². The highest BCUT2D eigenvalue weighted by atomic mass is 19.4. The lowest BCUT2D eigenvalue weighted by Crippen LogP contribution is -2.47. The first-order chi connectivity index (χ1) is 9.00. The van der Waals surface area contributed by atoms with Gasteiger partial charge in [0.05, 0.1) is 11.1 Å². The quantitative estimate of drug-likeness (QED) is 0.789. The Bertz CT molecular complexity index is 443. The molecule has 6 heteroatoms. The maximum absolute atomic E-state index is 13.0. The van der Waals surface area contributed by atoms with E-state index in [1.54, 1.807) is 6.08 Å². The molecule has 1 aliphatic carbocycles. The Balaban J connectivity index is 2.33. The number of hydrogen-bond donors (Lipinski definition) is 1. The van der Waals surface area contributed by atoms with Crippen molar-refractivity contribution in [2.45, 2.75) is 12.6 Å². The molecule has 0 unspecified atom stereocenters. The first-order valence-electron chi connectivity index (χ1n) is 6.14. The minimum Gasteiger partial charge on any atom is -0.336 e. The van der Waals surface area contributed by atoms with E-state index in [9.17, 15) is 18.0 Å². The highest BCUT2D eigenvalue weighted by Crippen LogP contribution is 2.32. The van der Waals surface area contributed by atoms with Gasteiger partial charge in [-0.1, -0.05) is 24.3 Å². The number of amides is 1. The zero-order valence-electron chi connectivity index (χ0n) is 10.3. The molecule has 1 saturated heterocycles. The van der Waals surface area contributed by atoms with Crippen LogP contribution >= 0.6 is 0 Å². The molecule has 0 radical (unpaired) electrons. The molecule has 1 fully saturated rings. The van der Waals surface area contributed by atoms with Gasteiger partial charge in [-0.15, -0.1) is 0 Å². The van der Waals surface area contributed by atoms with Crippen LogP contribution in [-0.2, 0) is 4.79 Å². The van der Waals surface area contributed by atoms with Gasteiger partial charge in [-0.25, -0.2) is 0 Å². The molecule has 1 N–H and O–H groups in total. The van der Waals surface area contributed by atoms with E-state index in [0.29, 0.717) is 32.6 Å². The van der Waals surface area contributed by atoms with Crippen molar-refractivity contribution in [1.29, 1.82) is 0 Å². The summed E-state index contributed by atoms with van der Waals surface area (Å²) in [5, 5.41) is 3.06. The fourth-order valence-electron chi connectivity index (χ4n) is 2.10. The van der Waals surface area contributed by atoms with Crippen LogP contribution in [0.1, 0.15) is 6.42 Å². The number of rotatable bonds is 1. The van der Waals surface area contributed by atoms with Crippen molar-refractivity contribution in [3.63, 3.8) is 0 Å². The third kappa shape index (κ3) is 3.26. The summed E-state index contributed by atoms with van der Waals surface area (Å²) in [4.78, 5) is 13.7. The predicted molar refractivity (Wildman–Crippen MR) is 65.4 cm³/mol. The largest absolute Gasteiger partial charge is 0.417 e. The smallest absolute Gasteiger partial charge is 0.336 e. The zero-order valence-corrected chi connectivity index (χ0v) is 10.3. The van der Waals surface area contributed by atoms with Gasteiger partial charge in [0.25, 0.3) is 5.91 Å². The summed E-state index contributed by atoms with van der Waals surface area (Å²) in [7, 11) is 0. The van der Waals surface area contributed by atoms with Crippen molar-refractivity contribution in [3.05, 3.63) is 35.5 Å². The number of piperazine rings is 1. The molecule has 0 spiro atoms. The van der Waals surface area contributed by atoms with Crippen LogP contribution < -0.4 is 5.32 Å². The van der Waals surface area contributed by atoms with Gasteiger partial charge in [0.1, 0.15) is 0 Å². The van der Waals surface area contributed by atoms with Crippen molar-refractivity contribution in [1.82, 2.24) is 10.2 Å². The van der Waals surface area contributed by atoms with E-state index in [1.165, 1.54) is 17.1 Å². The minimum absolute atomic E-state index is 0.261. The van der Waals surface area contributed by atoms with Crippen LogP contribution in [-0.4, -0.2) is 43.2 Å². The third-order valence-corrected chi connectivity index (χ3v) is 3.07. The molecule has 0 aromatic carbocycles. The molecule has 0 aromatic heterocycles. The van der Waals surface area contributed by atoms with Gasteiger partial charge in [0, 0.05) is 26.2 Å². The molecule has 2 aliphatic rings. The monoisotopic (exact) mass is 272 g/mol. The molecule has 19 heavy (non-hydrogen) atoms. The summed E-state index contributed by atoms with van der Waals surface area (Å²) < 4.78 is 38.9. The second-order valence-corrected chi connectivity index (χ2v) is 4.41. The first-order valence-corrected chi connectivity index (χ1v) is 6.14. The fraction of sp³-hybridized carbons (Fsp3) is 0.462. The molecule has 0 aromatic rings. The second kappa shape index (κ2) is 5.61. The Kier molecular flexibility index (Phi) is 4.09. The average Bonchev–Trinajstić information content (AvgIpc) is 2.64. The van der Waals surface area contributed by atoms with E-state index in [-0.39, 0.29) is 5.57 Å². The number of nitrogens with one attached hydrogen (secondary N) is 1. The lowest BCUT2D eigenvalue weighted by molar-refractivity contribution is -0.128. The van der Waals surface area contributed by atoms with Crippen molar-refractivity contribution in [2.75, 3.05) is 26.2 Å². The number of allylic oxidation sites excluding steroid dienone is 4. The Morgan fingerprint density at radius 2 is 1.79 bits per heavy atom. The van der Waals surface area contributed by atoms with Crippen molar-refractivity contribution in [2.24, 2.45) is 0 Å². The van der Waals surface area contributed by atoms with E-state index in [1.807, 2.05) is 0 Å². The molecule has 2 rings (SSSR count). The van der Waals surface area contributed by atoms with Gasteiger partial charge in [0.2, 0.25) is 0 Å². The molecule has 0 saturated carbocycles. The van der Waals surface area contributed by atoms with Crippen LogP contribution in [0.3, 0.4) is 0 Å². The van der Waals surface area contributed by atoms with Crippen molar-refractivity contribution in [3.8, 4) is 0 Å². The molecule has 1 amide bonds. The summed E-state index contributed by atoms with van der Waals surface area (Å²) in [6.45, 7) is 2.09. The van der Waals surface area contributed by atoms with E-state index < -0.39 is 17.7 Å². The summed E-state index contributed by atoms with van der Waals surface area (Å²) in [5.41, 5.74) is -1.12. The van der Waals surface area contributed by atoms with Crippen molar-refractivity contribution >= 4 is 5.91 Å². The number of alkyl halides is 3. The summed E-state index contributed by atoms with van der Waals surface area (Å²) in [6.07, 6.45) is 1.16. The van der Waals surface area contributed by atoms with E-state index in [2.05, 4.69) is 5.32 Å². The van der Waals surface area contributed by atoms with Gasteiger partial charge >= 0.3 is 6.18 Å². The number of carbonyl (C=O) groups is 1. The minimum atomic E-state index is -4.51. The van der Waals surface area contributed by atoms with Crippen LogP contribution in [0.15, 0.2) is 35.5 Å². The average molecular weight is 272 g/mol. The third-order valence-electron chi connectivity index (χ3n) is 3.07. The van der Waals surface area contributed by atoms with Gasteiger partial charge in [-0.3, -0.25) is 4.79 Å². The SMILES string of the molecule is O=C(C1=C(C(F)(F)F)C=CCC=C1)N1CCNCC1. The van der Waals surface area contributed by atoms with Crippen LogP contribution in [0.2, 0.25) is 0 Å². The summed E-state index contributed by atoms with van der Waals surface area (Å²) in [5.74, 6) is -0.545. The van der Waals surface area contributed by atoms with E-state index in [4.69, 9.17) is 0 Å². The molecule has 0 atom stereocenters. The Hall–Kier alpha value is -1.56. The Morgan fingerprint density at radius 1 is 1.16 bits per heavy atom. The van der Waals surface area contributed by atoms with Crippen LogP contribution in [0.25, 0.3) is 0 Å². The second-order valence-electron chi connectivity index (χ2n) is 4.41. The van der Waals surface area contributed by atoms with Gasteiger partial charge in [-0.05, 0) is 6.42 Å². The molecule has 3 nitrogen and oxygen atoms in total. The van der Waals surface area contributed by atoms with Crippen molar-refractivity contribution < 1.29 is 18.0 Å². The molecular weight excluding hydrogens is 257 g/mol. The topological polar surface area (TPSA) is 32.3 Å². The van der Waals surface area contributed by atoms with Gasteiger partial charge in [0.15, 0.2) is 0 Å². The number of nitrogens with zero attached hydrogens (tertiary/aromatic N) is 1. The highest BCUT2D eigenvalue weighted by molar-refractivity contribution is 5.98. The fourth-order valence-corrected chi connectivity index (χ4v) is 2.10. The normalized spacial score (nSPS) is 20.7.